The summed E-state index contributed by atoms with van der Waals surface area (Å²) >= 11 is 5.96. The first-order valence-corrected chi connectivity index (χ1v) is 6.96. The minimum Gasteiger partial charge on any atom is -0.381 e. The second-order valence-corrected chi connectivity index (χ2v) is 5.36. The van der Waals surface area contributed by atoms with E-state index in [4.69, 9.17) is 22.1 Å². The van der Waals surface area contributed by atoms with E-state index in [0.29, 0.717) is 23.2 Å². The highest BCUT2D eigenvalue weighted by Crippen LogP contribution is 2.28. The van der Waals surface area contributed by atoms with Crippen molar-refractivity contribution in [2.24, 2.45) is 5.73 Å². The summed E-state index contributed by atoms with van der Waals surface area (Å²) in [5.74, 6) is -0.251. The van der Waals surface area contributed by atoms with Crippen molar-refractivity contribution in [2.45, 2.75) is 24.9 Å². The lowest BCUT2D eigenvalue weighted by molar-refractivity contribution is 0.0289. The van der Waals surface area contributed by atoms with Gasteiger partial charge in [-0.1, -0.05) is 11.6 Å². The minimum atomic E-state index is -0.251. The third kappa shape index (κ3) is 3.45. The molecule has 1 saturated heterocycles. The van der Waals surface area contributed by atoms with Crippen molar-refractivity contribution in [2.75, 3.05) is 26.8 Å². The zero-order valence-corrected chi connectivity index (χ0v) is 11.9. The maximum absolute atomic E-state index is 14.0. The van der Waals surface area contributed by atoms with Crippen LogP contribution in [0.15, 0.2) is 18.2 Å². The molecule has 0 aromatic heterocycles. The summed E-state index contributed by atoms with van der Waals surface area (Å²) in [6.07, 6.45) is 1.91. The van der Waals surface area contributed by atoms with Crippen molar-refractivity contribution in [1.29, 1.82) is 0 Å². The smallest absolute Gasteiger partial charge is 0.128 e. The molecule has 1 aliphatic heterocycles. The Morgan fingerprint density at radius 2 is 2.16 bits per heavy atom. The van der Waals surface area contributed by atoms with E-state index in [-0.39, 0.29) is 11.9 Å². The van der Waals surface area contributed by atoms with Gasteiger partial charge in [-0.3, -0.25) is 4.90 Å². The standard InChI is InChI=1S/C14H20ClFN2O/c1-18(11-4-6-19-7-5-11)14(9-17)12-8-10(15)2-3-13(12)16/h2-3,8,11,14H,4-7,9,17H2,1H3. The van der Waals surface area contributed by atoms with Crippen molar-refractivity contribution in [3.8, 4) is 0 Å². The summed E-state index contributed by atoms with van der Waals surface area (Å²) < 4.78 is 19.3. The Bertz CT molecular complexity index is 424. The topological polar surface area (TPSA) is 38.5 Å². The van der Waals surface area contributed by atoms with Crippen molar-refractivity contribution in [3.05, 3.63) is 34.6 Å². The molecule has 0 spiro atoms. The number of likely N-dealkylation sites (N-methyl/N-ethyl adjacent to an activating group) is 1. The van der Waals surface area contributed by atoms with Crippen LogP contribution in [0.25, 0.3) is 0 Å². The summed E-state index contributed by atoms with van der Waals surface area (Å²) in [4.78, 5) is 2.15. The Labute approximate surface area is 118 Å². The van der Waals surface area contributed by atoms with Gasteiger partial charge in [-0.2, -0.15) is 0 Å². The lowest BCUT2D eigenvalue weighted by Gasteiger charge is -2.37. The van der Waals surface area contributed by atoms with Crippen LogP contribution in [0.3, 0.4) is 0 Å². The summed E-state index contributed by atoms with van der Waals surface area (Å²) in [6, 6.07) is 4.85. The quantitative estimate of drug-likeness (QED) is 0.925. The van der Waals surface area contributed by atoms with Gasteiger partial charge in [0, 0.05) is 42.4 Å². The molecule has 0 bridgehead atoms. The lowest BCUT2D eigenvalue weighted by Crippen LogP contribution is -2.42. The Balaban J connectivity index is 2.20. The molecule has 0 amide bonds. The first kappa shape index (κ1) is 14.7. The van der Waals surface area contributed by atoms with Gasteiger partial charge in [-0.15, -0.1) is 0 Å². The molecule has 1 unspecified atom stereocenters. The lowest BCUT2D eigenvalue weighted by atomic mass is 10.00. The van der Waals surface area contributed by atoms with Gasteiger partial charge < -0.3 is 10.5 Å². The van der Waals surface area contributed by atoms with Crippen molar-refractivity contribution in [3.63, 3.8) is 0 Å². The summed E-state index contributed by atoms with van der Waals surface area (Å²) in [5.41, 5.74) is 6.42. The number of hydrogen-bond donors (Lipinski definition) is 1. The zero-order valence-electron chi connectivity index (χ0n) is 11.1. The number of ether oxygens (including phenoxy) is 1. The van der Waals surface area contributed by atoms with E-state index in [1.807, 2.05) is 7.05 Å². The molecule has 2 rings (SSSR count). The largest absolute Gasteiger partial charge is 0.381 e. The van der Waals surface area contributed by atoms with Gasteiger partial charge in [-0.25, -0.2) is 4.39 Å². The number of hydrogen-bond acceptors (Lipinski definition) is 3. The molecule has 1 atom stereocenters. The first-order chi connectivity index (χ1) is 9.13. The van der Waals surface area contributed by atoms with Crippen LogP contribution in [-0.4, -0.2) is 37.7 Å². The molecular weight excluding hydrogens is 267 g/mol. The Hall–Kier alpha value is -0.680. The molecule has 0 saturated carbocycles. The highest BCUT2D eigenvalue weighted by Gasteiger charge is 2.26. The van der Waals surface area contributed by atoms with Crippen LogP contribution in [0.2, 0.25) is 5.02 Å². The highest BCUT2D eigenvalue weighted by atomic mass is 35.5. The van der Waals surface area contributed by atoms with Crippen LogP contribution in [0.5, 0.6) is 0 Å². The number of nitrogens with two attached hydrogens (primary N) is 1. The summed E-state index contributed by atoms with van der Waals surface area (Å²) in [5, 5.41) is 0.537. The molecule has 0 radical (unpaired) electrons. The van der Waals surface area contributed by atoms with Crippen LogP contribution in [0, 0.1) is 5.82 Å². The number of halogens is 2. The average molecular weight is 287 g/mol. The molecule has 1 aromatic carbocycles. The molecule has 1 aliphatic rings. The number of nitrogens with zero attached hydrogens (tertiary/aromatic N) is 1. The SMILES string of the molecule is CN(C1CCOCC1)C(CN)c1cc(Cl)ccc1F. The van der Waals surface area contributed by atoms with Crippen LogP contribution in [0.4, 0.5) is 4.39 Å². The molecule has 106 valence electrons. The fourth-order valence-electron chi connectivity index (χ4n) is 2.63. The van der Waals surface area contributed by atoms with E-state index >= 15 is 0 Å². The van der Waals surface area contributed by atoms with E-state index < -0.39 is 0 Å². The molecule has 3 nitrogen and oxygen atoms in total. The third-order valence-electron chi connectivity index (χ3n) is 3.80. The summed E-state index contributed by atoms with van der Waals surface area (Å²) in [6.45, 7) is 1.87. The molecule has 1 fully saturated rings. The minimum absolute atomic E-state index is 0.151. The highest BCUT2D eigenvalue weighted by molar-refractivity contribution is 6.30. The van der Waals surface area contributed by atoms with Gasteiger partial charge in [0.25, 0.3) is 0 Å². The first-order valence-electron chi connectivity index (χ1n) is 6.58. The molecule has 1 aromatic rings. The second-order valence-electron chi connectivity index (χ2n) is 4.93. The molecule has 0 aliphatic carbocycles. The fraction of sp³-hybridized carbons (Fsp3) is 0.571. The monoisotopic (exact) mass is 286 g/mol. The van der Waals surface area contributed by atoms with Gasteiger partial charge in [0.05, 0.1) is 0 Å². The number of benzene rings is 1. The van der Waals surface area contributed by atoms with Gasteiger partial charge in [-0.05, 0) is 38.1 Å². The van der Waals surface area contributed by atoms with Crippen LogP contribution in [0.1, 0.15) is 24.4 Å². The van der Waals surface area contributed by atoms with Gasteiger partial charge in [0.15, 0.2) is 0 Å². The van der Waals surface area contributed by atoms with Crippen LogP contribution < -0.4 is 5.73 Å². The fourth-order valence-corrected chi connectivity index (χ4v) is 2.81. The summed E-state index contributed by atoms with van der Waals surface area (Å²) in [7, 11) is 1.99. The average Bonchev–Trinajstić information content (AvgIpc) is 2.44. The van der Waals surface area contributed by atoms with Crippen molar-refractivity contribution < 1.29 is 9.13 Å². The third-order valence-corrected chi connectivity index (χ3v) is 4.03. The van der Waals surface area contributed by atoms with Crippen molar-refractivity contribution >= 4 is 11.6 Å². The molecule has 19 heavy (non-hydrogen) atoms. The van der Waals surface area contributed by atoms with E-state index in [0.717, 1.165) is 26.1 Å². The van der Waals surface area contributed by atoms with Gasteiger partial charge in [0.2, 0.25) is 0 Å². The predicted molar refractivity (Wildman–Crippen MR) is 74.8 cm³/mol. The molecule has 1 heterocycles. The Kier molecular flexibility index (Phi) is 5.16. The van der Waals surface area contributed by atoms with Crippen LogP contribution >= 0.6 is 11.6 Å². The van der Waals surface area contributed by atoms with E-state index in [1.54, 1.807) is 12.1 Å². The molecule has 5 heteroatoms. The van der Waals surface area contributed by atoms with E-state index in [2.05, 4.69) is 4.90 Å². The van der Waals surface area contributed by atoms with E-state index in [1.165, 1.54) is 6.07 Å². The van der Waals surface area contributed by atoms with Crippen LogP contribution in [-0.2, 0) is 4.74 Å². The molecular formula is C14H20ClFN2O. The Morgan fingerprint density at radius 3 is 2.79 bits per heavy atom. The van der Waals surface area contributed by atoms with Gasteiger partial charge in [0.1, 0.15) is 5.82 Å². The van der Waals surface area contributed by atoms with Gasteiger partial charge >= 0.3 is 0 Å². The maximum Gasteiger partial charge on any atom is 0.128 e. The number of rotatable bonds is 4. The predicted octanol–water partition coefficient (Wildman–Crippen LogP) is 2.59. The Morgan fingerprint density at radius 1 is 1.47 bits per heavy atom. The maximum atomic E-state index is 14.0. The van der Waals surface area contributed by atoms with Crippen molar-refractivity contribution in [1.82, 2.24) is 4.90 Å². The van der Waals surface area contributed by atoms with E-state index in [9.17, 15) is 4.39 Å². The normalized spacial score (nSPS) is 18.8. The second kappa shape index (κ2) is 6.66. The zero-order chi connectivity index (χ0) is 13.8. The molecule has 2 N–H and O–H groups in total.